The summed E-state index contributed by atoms with van der Waals surface area (Å²) in [7, 11) is 0. The summed E-state index contributed by atoms with van der Waals surface area (Å²) in [6, 6.07) is 9.64. The highest BCUT2D eigenvalue weighted by molar-refractivity contribution is 7.99. The van der Waals surface area contributed by atoms with Gasteiger partial charge >= 0.3 is 0 Å². The van der Waals surface area contributed by atoms with Crippen molar-refractivity contribution in [3.8, 4) is 0 Å². The number of nitrogens with zero attached hydrogens (tertiary/aromatic N) is 4. The fourth-order valence-corrected chi connectivity index (χ4v) is 4.46. The zero-order valence-corrected chi connectivity index (χ0v) is 20.5. The number of benzene rings is 1. The number of rotatable bonds is 9. The monoisotopic (exact) mass is 480 g/mol. The molecule has 2 aliphatic rings. The van der Waals surface area contributed by atoms with Crippen LogP contribution in [0.1, 0.15) is 26.7 Å². The van der Waals surface area contributed by atoms with Gasteiger partial charge in [0.1, 0.15) is 17.5 Å². The van der Waals surface area contributed by atoms with E-state index in [0.717, 1.165) is 62.0 Å². The van der Waals surface area contributed by atoms with E-state index in [0.29, 0.717) is 22.5 Å². The van der Waals surface area contributed by atoms with Crippen LogP contribution in [0.4, 0.5) is 17.3 Å². The van der Waals surface area contributed by atoms with E-state index < -0.39 is 0 Å². The molecule has 4 rings (SSSR count). The normalized spacial score (nSPS) is 16.9. The molecule has 2 aromatic rings. The summed E-state index contributed by atoms with van der Waals surface area (Å²) < 4.78 is 0. The maximum Gasteiger partial charge on any atom is 0.227 e. The Balaban J connectivity index is 1.52. The Morgan fingerprint density at radius 2 is 1.88 bits per heavy atom. The third-order valence-corrected chi connectivity index (χ3v) is 6.63. The molecule has 0 unspecified atom stereocenters. The predicted molar refractivity (Wildman–Crippen MR) is 138 cm³/mol. The SMILES string of the molecule is CCN1CCN(c2cc(N/C(N)=C/C(C)=N)nc(Sc3ccc(NC(=O)C4CC4)cc3)n2)CC1. The Labute approximate surface area is 204 Å². The van der Waals surface area contributed by atoms with Crippen LogP contribution in [0.15, 0.2) is 52.3 Å². The zero-order valence-electron chi connectivity index (χ0n) is 19.7. The number of hydrogen-bond donors (Lipinski definition) is 4. The van der Waals surface area contributed by atoms with E-state index in [9.17, 15) is 4.79 Å². The highest BCUT2D eigenvalue weighted by Gasteiger charge is 2.29. The van der Waals surface area contributed by atoms with Gasteiger partial charge in [0.15, 0.2) is 5.16 Å². The third kappa shape index (κ3) is 6.71. The van der Waals surface area contributed by atoms with Crippen molar-refractivity contribution in [1.29, 1.82) is 5.41 Å². The molecule has 0 radical (unpaired) electrons. The lowest BCUT2D eigenvalue weighted by molar-refractivity contribution is -0.117. The van der Waals surface area contributed by atoms with Crippen LogP contribution in [-0.4, -0.2) is 59.2 Å². The van der Waals surface area contributed by atoms with Crippen LogP contribution < -0.4 is 21.3 Å². The van der Waals surface area contributed by atoms with Gasteiger partial charge in [0.2, 0.25) is 5.91 Å². The second-order valence-corrected chi connectivity index (χ2v) is 9.65. The van der Waals surface area contributed by atoms with E-state index in [2.05, 4.69) is 32.3 Å². The number of amides is 1. The first-order valence-corrected chi connectivity index (χ1v) is 12.5. The largest absolute Gasteiger partial charge is 0.385 e. The minimum Gasteiger partial charge on any atom is -0.385 e. The molecule has 5 N–H and O–H groups in total. The van der Waals surface area contributed by atoms with Crippen LogP contribution >= 0.6 is 11.8 Å². The first-order valence-electron chi connectivity index (χ1n) is 11.6. The molecule has 2 heterocycles. The number of anilines is 3. The highest BCUT2D eigenvalue weighted by atomic mass is 32.2. The Kier molecular flexibility index (Phi) is 7.69. The van der Waals surface area contributed by atoms with Crippen molar-refractivity contribution >= 4 is 40.7 Å². The molecule has 1 aliphatic heterocycles. The number of carbonyl (C=O) groups excluding carboxylic acids is 1. The molecular formula is C24H32N8OS. The van der Waals surface area contributed by atoms with Gasteiger partial charge < -0.3 is 31.6 Å². The summed E-state index contributed by atoms with van der Waals surface area (Å²) in [5.41, 5.74) is 7.20. The van der Waals surface area contributed by atoms with Crippen molar-refractivity contribution in [3.63, 3.8) is 0 Å². The molecule has 34 heavy (non-hydrogen) atoms. The van der Waals surface area contributed by atoms with Crippen LogP contribution in [0.25, 0.3) is 0 Å². The molecule has 9 nitrogen and oxygen atoms in total. The van der Waals surface area contributed by atoms with Crippen molar-refractivity contribution in [1.82, 2.24) is 14.9 Å². The molecular weight excluding hydrogens is 448 g/mol. The first kappa shape index (κ1) is 24.0. The van der Waals surface area contributed by atoms with E-state index in [1.165, 1.54) is 11.8 Å². The van der Waals surface area contributed by atoms with Gasteiger partial charge in [-0.1, -0.05) is 6.92 Å². The van der Waals surface area contributed by atoms with Gasteiger partial charge in [0, 0.05) is 54.5 Å². The lowest BCUT2D eigenvalue weighted by atomic mass is 10.3. The molecule has 1 aromatic heterocycles. The summed E-state index contributed by atoms with van der Waals surface area (Å²) in [6.07, 6.45) is 3.52. The number of hydrogen-bond acceptors (Lipinski definition) is 9. The molecule has 1 aromatic carbocycles. The quantitative estimate of drug-likeness (QED) is 0.318. The summed E-state index contributed by atoms with van der Waals surface area (Å²) in [4.78, 5) is 27.1. The minimum atomic E-state index is 0.0983. The number of piperazine rings is 1. The van der Waals surface area contributed by atoms with Crippen molar-refractivity contribution in [2.75, 3.05) is 48.3 Å². The zero-order chi connectivity index (χ0) is 24.1. The summed E-state index contributed by atoms with van der Waals surface area (Å²) >= 11 is 1.46. The van der Waals surface area contributed by atoms with Crippen LogP contribution in [0.3, 0.4) is 0 Å². The average molecular weight is 481 g/mol. The summed E-state index contributed by atoms with van der Waals surface area (Å²) in [5, 5.41) is 14.3. The maximum atomic E-state index is 12.0. The molecule has 180 valence electrons. The number of likely N-dealkylation sites (N-methyl/N-ethyl adjacent to an activating group) is 1. The number of aromatic nitrogens is 2. The number of nitrogens with two attached hydrogens (primary N) is 1. The minimum absolute atomic E-state index is 0.0983. The van der Waals surface area contributed by atoms with Crippen molar-refractivity contribution < 1.29 is 4.79 Å². The van der Waals surface area contributed by atoms with Crippen molar-refractivity contribution in [3.05, 3.63) is 42.2 Å². The Bertz CT molecular complexity index is 1060. The fraction of sp³-hybridized carbons (Fsp3) is 0.417. The molecule has 0 bridgehead atoms. The van der Waals surface area contributed by atoms with E-state index in [1.54, 1.807) is 13.0 Å². The first-order chi connectivity index (χ1) is 16.4. The number of carbonyl (C=O) groups is 1. The van der Waals surface area contributed by atoms with Gasteiger partial charge in [-0.15, -0.1) is 0 Å². The topological polar surface area (TPSA) is 123 Å². The molecule has 10 heteroatoms. The molecule has 2 fully saturated rings. The average Bonchev–Trinajstić information content (AvgIpc) is 3.65. The maximum absolute atomic E-state index is 12.0. The standard InChI is InChI=1S/C24H32N8OS/c1-3-31-10-12-32(13-11-31)22-15-21(28-20(26)14-16(2)25)29-24(30-22)34-19-8-6-18(7-9-19)27-23(33)17-4-5-17/h6-9,14-15,17,25H,3-5,10-13,26H2,1-2H3,(H,27,33)(H,28,29,30)/b20-14+,25-16?. The number of nitrogens with one attached hydrogen (secondary N) is 3. The van der Waals surface area contributed by atoms with Gasteiger partial charge in [-0.2, -0.15) is 0 Å². The van der Waals surface area contributed by atoms with Gasteiger partial charge in [-0.05, 0) is 68.4 Å². The molecule has 1 amide bonds. The van der Waals surface area contributed by atoms with E-state index in [4.69, 9.17) is 16.1 Å². The van der Waals surface area contributed by atoms with E-state index >= 15 is 0 Å². The molecule has 1 saturated carbocycles. The highest BCUT2D eigenvalue weighted by Crippen LogP contribution is 2.32. The Morgan fingerprint density at radius 1 is 1.18 bits per heavy atom. The summed E-state index contributed by atoms with van der Waals surface area (Å²) in [5.74, 6) is 2.08. The molecule has 0 atom stereocenters. The van der Waals surface area contributed by atoms with E-state index in [1.807, 2.05) is 30.3 Å². The fourth-order valence-electron chi connectivity index (χ4n) is 3.70. The summed E-state index contributed by atoms with van der Waals surface area (Å²) in [6.45, 7) is 8.69. The Hall–Kier alpha value is -3.11. The second-order valence-electron chi connectivity index (χ2n) is 8.61. The smallest absolute Gasteiger partial charge is 0.227 e. The molecule has 1 saturated heterocycles. The second kappa shape index (κ2) is 10.9. The number of allylic oxidation sites excluding steroid dienone is 1. The van der Waals surface area contributed by atoms with Crippen molar-refractivity contribution in [2.24, 2.45) is 11.7 Å². The predicted octanol–water partition coefficient (Wildman–Crippen LogP) is 3.37. The third-order valence-electron chi connectivity index (χ3n) is 5.76. The molecule has 0 spiro atoms. The van der Waals surface area contributed by atoms with Crippen LogP contribution in [-0.2, 0) is 4.79 Å². The Morgan fingerprint density at radius 3 is 2.50 bits per heavy atom. The van der Waals surface area contributed by atoms with Crippen LogP contribution in [0.2, 0.25) is 0 Å². The van der Waals surface area contributed by atoms with E-state index in [-0.39, 0.29) is 11.8 Å². The lowest BCUT2D eigenvalue weighted by Gasteiger charge is -2.34. The van der Waals surface area contributed by atoms with Crippen LogP contribution in [0.5, 0.6) is 0 Å². The van der Waals surface area contributed by atoms with Gasteiger partial charge in [-0.25, -0.2) is 9.97 Å². The van der Waals surface area contributed by atoms with Crippen LogP contribution in [0, 0.1) is 11.3 Å². The van der Waals surface area contributed by atoms with Crippen molar-refractivity contribution in [2.45, 2.75) is 36.7 Å². The van der Waals surface area contributed by atoms with Gasteiger partial charge in [-0.3, -0.25) is 4.79 Å². The van der Waals surface area contributed by atoms with Gasteiger partial charge in [0.05, 0.1) is 0 Å². The lowest BCUT2D eigenvalue weighted by Crippen LogP contribution is -2.46. The molecule has 1 aliphatic carbocycles. The van der Waals surface area contributed by atoms with Gasteiger partial charge in [0.25, 0.3) is 0 Å².